The van der Waals surface area contributed by atoms with Crippen LogP contribution >= 0.6 is 11.3 Å². The molecule has 0 unspecified atom stereocenters. The lowest BCUT2D eigenvalue weighted by molar-refractivity contribution is 0.0398. The van der Waals surface area contributed by atoms with Gasteiger partial charge in [0.1, 0.15) is 0 Å². The lowest BCUT2D eigenvalue weighted by atomic mass is 10.1. The third-order valence-corrected chi connectivity index (χ3v) is 4.79. The van der Waals surface area contributed by atoms with E-state index in [0.717, 1.165) is 50.0 Å². The number of thiazole rings is 1. The van der Waals surface area contributed by atoms with Gasteiger partial charge < -0.3 is 10.1 Å². The number of nitrogens with zero attached hydrogens (tertiary/aromatic N) is 2. The van der Waals surface area contributed by atoms with Crippen LogP contribution in [-0.2, 0) is 4.74 Å². The first-order chi connectivity index (χ1) is 9.72. The molecule has 3 rings (SSSR count). The molecule has 5 heteroatoms. The minimum Gasteiger partial charge on any atom is -0.379 e. The largest absolute Gasteiger partial charge is 0.379 e. The molecule has 0 bridgehead atoms. The van der Waals surface area contributed by atoms with E-state index >= 15 is 0 Å². The Morgan fingerprint density at radius 3 is 2.80 bits per heavy atom. The Morgan fingerprint density at radius 2 is 2.00 bits per heavy atom. The molecule has 1 saturated heterocycles. The number of anilines is 1. The van der Waals surface area contributed by atoms with Gasteiger partial charge in [-0.05, 0) is 37.1 Å². The summed E-state index contributed by atoms with van der Waals surface area (Å²) in [6.45, 7) is 10.1. The first-order valence-electron chi connectivity index (χ1n) is 7.14. The average molecular weight is 291 g/mol. The van der Waals surface area contributed by atoms with Gasteiger partial charge in [0.25, 0.3) is 0 Å². The lowest BCUT2D eigenvalue weighted by Crippen LogP contribution is -2.38. The Hall–Kier alpha value is -1.17. The van der Waals surface area contributed by atoms with Gasteiger partial charge in [-0.15, -0.1) is 0 Å². The molecule has 0 spiro atoms. The molecule has 1 N–H and O–H groups in total. The number of fused-ring (bicyclic) bond motifs is 1. The Kier molecular flexibility index (Phi) is 4.19. The minimum absolute atomic E-state index is 0.861. The van der Waals surface area contributed by atoms with Crippen LogP contribution in [0, 0.1) is 13.8 Å². The van der Waals surface area contributed by atoms with Crippen LogP contribution in [0.15, 0.2) is 12.1 Å². The van der Waals surface area contributed by atoms with Gasteiger partial charge >= 0.3 is 0 Å². The highest BCUT2D eigenvalue weighted by molar-refractivity contribution is 7.22. The monoisotopic (exact) mass is 291 g/mol. The van der Waals surface area contributed by atoms with Crippen molar-refractivity contribution in [3.63, 3.8) is 0 Å². The highest BCUT2D eigenvalue weighted by Crippen LogP contribution is 2.28. The Balaban J connectivity index is 1.60. The molecule has 108 valence electrons. The smallest absolute Gasteiger partial charge is 0.183 e. The molecule has 0 saturated carbocycles. The molecular weight excluding hydrogens is 270 g/mol. The number of benzene rings is 1. The van der Waals surface area contributed by atoms with E-state index in [4.69, 9.17) is 4.74 Å². The van der Waals surface area contributed by atoms with Crippen molar-refractivity contribution < 1.29 is 4.74 Å². The topological polar surface area (TPSA) is 37.4 Å². The van der Waals surface area contributed by atoms with Gasteiger partial charge in [-0.1, -0.05) is 11.3 Å². The molecule has 0 aliphatic carbocycles. The Labute approximate surface area is 123 Å². The zero-order chi connectivity index (χ0) is 13.9. The van der Waals surface area contributed by atoms with Gasteiger partial charge in [-0.3, -0.25) is 4.90 Å². The summed E-state index contributed by atoms with van der Waals surface area (Å²) >= 11 is 1.74. The Bertz CT molecular complexity index is 551. The molecule has 20 heavy (non-hydrogen) atoms. The molecule has 0 atom stereocenters. The van der Waals surface area contributed by atoms with Gasteiger partial charge in [-0.2, -0.15) is 0 Å². The summed E-state index contributed by atoms with van der Waals surface area (Å²) in [7, 11) is 0. The fraction of sp³-hybridized carbons (Fsp3) is 0.533. The summed E-state index contributed by atoms with van der Waals surface area (Å²) in [5.74, 6) is 0. The van der Waals surface area contributed by atoms with Crippen LogP contribution in [0.25, 0.3) is 10.2 Å². The lowest BCUT2D eigenvalue weighted by Gasteiger charge is -2.26. The average Bonchev–Trinajstić information content (AvgIpc) is 2.82. The molecule has 0 radical (unpaired) electrons. The first-order valence-corrected chi connectivity index (χ1v) is 7.96. The summed E-state index contributed by atoms with van der Waals surface area (Å²) in [5, 5.41) is 4.47. The molecule has 4 nitrogen and oxygen atoms in total. The second kappa shape index (κ2) is 6.08. The second-order valence-electron chi connectivity index (χ2n) is 5.30. The second-order valence-corrected chi connectivity index (χ2v) is 6.33. The van der Waals surface area contributed by atoms with Crippen molar-refractivity contribution in [2.75, 3.05) is 44.7 Å². The van der Waals surface area contributed by atoms with Gasteiger partial charge in [0, 0.05) is 26.2 Å². The number of nitrogens with one attached hydrogen (secondary N) is 1. The van der Waals surface area contributed by atoms with E-state index < -0.39 is 0 Å². The summed E-state index contributed by atoms with van der Waals surface area (Å²) in [4.78, 5) is 7.09. The minimum atomic E-state index is 0.861. The van der Waals surface area contributed by atoms with Crippen molar-refractivity contribution in [1.82, 2.24) is 9.88 Å². The molecule has 1 aromatic heterocycles. The molecule has 0 amide bonds. The summed E-state index contributed by atoms with van der Waals surface area (Å²) in [5.41, 5.74) is 3.75. The zero-order valence-electron chi connectivity index (χ0n) is 12.1. The molecular formula is C15H21N3OS. The van der Waals surface area contributed by atoms with Crippen LogP contribution in [-0.4, -0.2) is 49.3 Å². The van der Waals surface area contributed by atoms with E-state index in [9.17, 15) is 0 Å². The van der Waals surface area contributed by atoms with Crippen molar-refractivity contribution in [3.8, 4) is 0 Å². The number of hydrogen-bond donors (Lipinski definition) is 1. The predicted molar refractivity (Wildman–Crippen MR) is 84.8 cm³/mol. The van der Waals surface area contributed by atoms with Crippen LogP contribution in [0.5, 0.6) is 0 Å². The normalized spacial score (nSPS) is 16.7. The number of morpholine rings is 1. The maximum absolute atomic E-state index is 5.35. The molecule has 1 aliphatic rings. The third kappa shape index (κ3) is 3.11. The summed E-state index contributed by atoms with van der Waals surface area (Å²) < 4.78 is 6.62. The third-order valence-electron chi connectivity index (χ3n) is 3.81. The van der Waals surface area contributed by atoms with Crippen molar-refractivity contribution in [2.45, 2.75) is 13.8 Å². The van der Waals surface area contributed by atoms with Gasteiger partial charge in [0.2, 0.25) is 0 Å². The number of rotatable bonds is 4. The van der Waals surface area contributed by atoms with Crippen molar-refractivity contribution in [2.24, 2.45) is 0 Å². The van der Waals surface area contributed by atoms with E-state index in [1.165, 1.54) is 15.8 Å². The number of ether oxygens (including phenoxy) is 1. The van der Waals surface area contributed by atoms with E-state index in [-0.39, 0.29) is 0 Å². The predicted octanol–water partition coefficient (Wildman–Crippen LogP) is 2.66. The quantitative estimate of drug-likeness (QED) is 0.940. The zero-order valence-corrected chi connectivity index (χ0v) is 12.9. The number of hydrogen-bond acceptors (Lipinski definition) is 5. The SMILES string of the molecule is Cc1cc2nc(NCCN3CCOCC3)sc2cc1C. The standard InChI is InChI=1S/C15H21N3OS/c1-11-9-13-14(10-12(11)2)20-15(17-13)16-3-4-18-5-7-19-8-6-18/h9-10H,3-8H2,1-2H3,(H,16,17). The van der Waals surface area contributed by atoms with Crippen LogP contribution in [0.4, 0.5) is 5.13 Å². The molecule has 2 aromatic rings. The van der Waals surface area contributed by atoms with E-state index in [0.29, 0.717) is 0 Å². The van der Waals surface area contributed by atoms with E-state index in [1.807, 2.05) is 0 Å². The summed E-state index contributed by atoms with van der Waals surface area (Å²) in [6.07, 6.45) is 0. The van der Waals surface area contributed by atoms with Crippen LogP contribution < -0.4 is 5.32 Å². The summed E-state index contributed by atoms with van der Waals surface area (Å²) in [6, 6.07) is 4.41. The van der Waals surface area contributed by atoms with Gasteiger partial charge in [0.15, 0.2) is 5.13 Å². The highest BCUT2D eigenvalue weighted by Gasteiger charge is 2.10. The molecule has 2 heterocycles. The van der Waals surface area contributed by atoms with Crippen LogP contribution in [0.3, 0.4) is 0 Å². The fourth-order valence-electron chi connectivity index (χ4n) is 2.40. The van der Waals surface area contributed by atoms with Crippen molar-refractivity contribution in [1.29, 1.82) is 0 Å². The first kappa shape index (κ1) is 13.8. The highest BCUT2D eigenvalue weighted by atomic mass is 32.1. The van der Waals surface area contributed by atoms with Gasteiger partial charge in [-0.25, -0.2) is 4.98 Å². The number of aromatic nitrogens is 1. The van der Waals surface area contributed by atoms with E-state index in [2.05, 4.69) is 41.2 Å². The van der Waals surface area contributed by atoms with Crippen molar-refractivity contribution in [3.05, 3.63) is 23.3 Å². The Morgan fingerprint density at radius 1 is 1.25 bits per heavy atom. The molecule has 1 aliphatic heterocycles. The van der Waals surface area contributed by atoms with Gasteiger partial charge in [0.05, 0.1) is 23.4 Å². The molecule has 1 aromatic carbocycles. The maximum atomic E-state index is 5.35. The van der Waals surface area contributed by atoms with Crippen LogP contribution in [0.1, 0.15) is 11.1 Å². The number of aryl methyl sites for hydroxylation is 2. The fourth-order valence-corrected chi connectivity index (χ4v) is 3.37. The van der Waals surface area contributed by atoms with Crippen molar-refractivity contribution >= 4 is 26.7 Å². The molecule has 1 fully saturated rings. The maximum Gasteiger partial charge on any atom is 0.183 e. The van der Waals surface area contributed by atoms with E-state index in [1.54, 1.807) is 11.3 Å². The van der Waals surface area contributed by atoms with Crippen LogP contribution in [0.2, 0.25) is 0 Å².